The van der Waals surface area contributed by atoms with E-state index in [9.17, 15) is 0 Å². The quantitative estimate of drug-likeness (QED) is 0.831. The summed E-state index contributed by atoms with van der Waals surface area (Å²) in [6.07, 6.45) is 1.84. The van der Waals surface area contributed by atoms with Crippen LogP contribution >= 0.6 is 0 Å². The van der Waals surface area contributed by atoms with Gasteiger partial charge in [0.1, 0.15) is 5.82 Å². The van der Waals surface area contributed by atoms with Crippen LogP contribution in [0.5, 0.6) is 0 Å². The molecular formula is C13H23N3. The first-order chi connectivity index (χ1) is 7.56. The van der Waals surface area contributed by atoms with Crippen LogP contribution in [0.4, 0.5) is 5.82 Å². The SMILES string of the molecule is CCN(CC(C)C)c1ncccc1C(C)N. The zero-order valence-electron chi connectivity index (χ0n) is 10.8. The second kappa shape index (κ2) is 5.85. The van der Waals surface area contributed by atoms with Crippen molar-refractivity contribution in [3.05, 3.63) is 23.9 Å². The van der Waals surface area contributed by atoms with E-state index in [4.69, 9.17) is 5.73 Å². The van der Waals surface area contributed by atoms with Gasteiger partial charge in [-0.05, 0) is 25.8 Å². The number of aromatic nitrogens is 1. The number of nitrogens with zero attached hydrogens (tertiary/aromatic N) is 2. The van der Waals surface area contributed by atoms with Gasteiger partial charge in [-0.2, -0.15) is 0 Å². The van der Waals surface area contributed by atoms with Crippen LogP contribution in [0.25, 0.3) is 0 Å². The van der Waals surface area contributed by atoms with Crippen LogP contribution in [0, 0.1) is 5.92 Å². The van der Waals surface area contributed by atoms with Gasteiger partial charge in [-0.1, -0.05) is 19.9 Å². The van der Waals surface area contributed by atoms with Crippen LogP contribution in [0.15, 0.2) is 18.3 Å². The predicted octanol–water partition coefficient (Wildman–Crippen LogP) is 2.58. The number of anilines is 1. The fraction of sp³-hybridized carbons (Fsp3) is 0.615. The molecule has 0 aliphatic rings. The minimum atomic E-state index is 0.0323. The van der Waals surface area contributed by atoms with Crippen molar-refractivity contribution in [1.82, 2.24) is 4.98 Å². The zero-order valence-corrected chi connectivity index (χ0v) is 10.8. The van der Waals surface area contributed by atoms with Gasteiger partial charge in [-0.25, -0.2) is 4.98 Å². The lowest BCUT2D eigenvalue weighted by Crippen LogP contribution is -2.29. The van der Waals surface area contributed by atoms with Crippen molar-refractivity contribution >= 4 is 5.82 Å². The van der Waals surface area contributed by atoms with Gasteiger partial charge >= 0.3 is 0 Å². The maximum absolute atomic E-state index is 5.97. The molecule has 0 saturated heterocycles. The van der Waals surface area contributed by atoms with Crippen LogP contribution in [0.1, 0.15) is 39.3 Å². The molecule has 1 aromatic heterocycles. The Kier molecular flexibility index (Phi) is 4.74. The molecule has 2 N–H and O–H groups in total. The summed E-state index contributed by atoms with van der Waals surface area (Å²) in [4.78, 5) is 6.77. The first-order valence-corrected chi connectivity index (χ1v) is 6.01. The molecule has 1 aromatic rings. The lowest BCUT2D eigenvalue weighted by atomic mass is 10.1. The molecule has 0 amide bonds. The Morgan fingerprint density at radius 1 is 1.38 bits per heavy atom. The minimum Gasteiger partial charge on any atom is -0.356 e. The van der Waals surface area contributed by atoms with Crippen molar-refractivity contribution in [2.24, 2.45) is 11.7 Å². The Bertz CT molecular complexity index is 321. The summed E-state index contributed by atoms with van der Waals surface area (Å²) >= 11 is 0. The van der Waals surface area contributed by atoms with E-state index in [0.717, 1.165) is 24.5 Å². The van der Waals surface area contributed by atoms with Gasteiger partial charge in [-0.15, -0.1) is 0 Å². The third-order valence-corrected chi connectivity index (χ3v) is 2.57. The lowest BCUT2D eigenvalue weighted by molar-refractivity contribution is 0.610. The summed E-state index contributed by atoms with van der Waals surface area (Å²) in [5, 5.41) is 0. The highest BCUT2D eigenvalue weighted by molar-refractivity contribution is 5.48. The first-order valence-electron chi connectivity index (χ1n) is 6.01. The molecule has 16 heavy (non-hydrogen) atoms. The summed E-state index contributed by atoms with van der Waals surface area (Å²) in [6, 6.07) is 4.05. The van der Waals surface area contributed by atoms with E-state index < -0.39 is 0 Å². The lowest BCUT2D eigenvalue weighted by Gasteiger charge is -2.27. The van der Waals surface area contributed by atoms with Crippen molar-refractivity contribution in [2.75, 3.05) is 18.0 Å². The molecular weight excluding hydrogens is 198 g/mol. The summed E-state index contributed by atoms with van der Waals surface area (Å²) < 4.78 is 0. The Labute approximate surface area is 98.7 Å². The van der Waals surface area contributed by atoms with Gasteiger partial charge < -0.3 is 10.6 Å². The summed E-state index contributed by atoms with van der Waals surface area (Å²) in [5.41, 5.74) is 7.10. The number of nitrogens with two attached hydrogens (primary N) is 1. The van der Waals surface area contributed by atoms with Crippen molar-refractivity contribution in [3.63, 3.8) is 0 Å². The molecule has 0 bridgehead atoms. The molecule has 3 nitrogen and oxygen atoms in total. The average molecular weight is 221 g/mol. The second-order valence-electron chi connectivity index (χ2n) is 4.64. The van der Waals surface area contributed by atoms with Crippen LogP contribution in [-0.2, 0) is 0 Å². The van der Waals surface area contributed by atoms with Gasteiger partial charge in [0.05, 0.1) is 0 Å². The Morgan fingerprint density at radius 2 is 2.06 bits per heavy atom. The molecule has 0 aliphatic heterocycles. The van der Waals surface area contributed by atoms with E-state index in [-0.39, 0.29) is 6.04 Å². The van der Waals surface area contributed by atoms with Gasteiger partial charge in [0, 0.05) is 30.9 Å². The molecule has 0 saturated carbocycles. The van der Waals surface area contributed by atoms with Crippen LogP contribution in [0.3, 0.4) is 0 Å². The van der Waals surface area contributed by atoms with Gasteiger partial charge in [-0.3, -0.25) is 0 Å². The van der Waals surface area contributed by atoms with Gasteiger partial charge in [0.2, 0.25) is 0 Å². The standard InChI is InChI=1S/C13H23N3/c1-5-16(9-10(2)3)13-12(11(4)14)7-6-8-15-13/h6-8,10-11H,5,9,14H2,1-4H3. The molecule has 0 fully saturated rings. The van der Waals surface area contributed by atoms with Crippen molar-refractivity contribution < 1.29 is 0 Å². The largest absolute Gasteiger partial charge is 0.356 e. The van der Waals surface area contributed by atoms with E-state index in [1.807, 2.05) is 19.2 Å². The van der Waals surface area contributed by atoms with Crippen LogP contribution in [-0.4, -0.2) is 18.1 Å². The highest BCUT2D eigenvalue weighted by atomic mass is 15.2. The normalized spacial score (nSPS) is 12.9. The fourth-order valence-electron chi connectivity index (χ4n) is 1.84. The summed E-state index contributed by atoms with van der Waals surface area (Å²) in [6.45, 7) is 10.6. The number of pyridine rings is 1. The van der Waals surface area contributed by atoms with Gasteiger partial charge in [0.15, 0.2) is 0 Å². The molecule has 0 radical (unpaired) electrons. The number of hydrogen-bond donors (Lipinski definition) is 1. The third kappa shape index (κ3) is 3.20. The second-order valence-corrected chi connectivity index (χ2v) is 4.64. The molecule has 0 aromatic carbocycles. The van der Waals surface area contributed by atoms with E-state index in [2.05, 4.69) is 36.7 Å². The zero-order chi connectivity index (χ0) is 12.1. The Hall–Kier alpha value is -1.09. The van der Waals surface area contributed by atoms with Crippen molar-refractivity contribution in [1.29, 1.82) is 0 Å². The van der Waals surface area contributed by atoms with Crippen LogP contribution < -0.4 is 10.6 Å². The Morgan fingerprint density at radius 3 is 2.56 bits per heavy atom. The molecule has 0 aliphatic carbocycles. The van der Waals surface area contributed by atoms with Crippen molar-refractivity contribution in [2.45, 2.75) is 33.7 Å². The molecule has 1 unspecified atom stereocenters. The van der Waals surface area contributed by atoms with Gasteiger partial charge in [0.25, 0.3) is 0 Å². The minimum absolute atomic E-state index is 0.0323. The maximum atomic E-state index is 5.97. The van der Waals surface area contributed by atoms with Crippen molar-refractivity contribution in [3.8, 4) is 0 Å². The molecule has 0 spiro atoms. The molecule has 90 valence electrons. The molecule has 1 atom stereocenters. The highest BCUT2D eigenvalue weighted by Gasteiger charge is 2.14. The molecule has 3 heteroatoms. The summed E-state index contributed by atoms with van der Waals surface area (Å²) in [7, 11) is 0. The fourth-order valence-corrected chi connectivity index (χ4v) is 1.84. The van der Waals surface area contributed by atoms with Crippen LogP contribution in [0.2, 0.25) is 0 Å². The molecule has 1 heterocycles. The van der Waals surface area contributed by atoms with E-state index in [0.29, 0.717) is 5.92 Å². The highest BCUT2D eigenvalue weighted by Crippen LogP contribution is 2.22. The molecule has 1 rings (SSSR count). The topological polar surface area (TPSA) is 42.2 Å². The third-order valence-electron chi connectivity index (χ3n) is 2.57. The Balaban J connectivity index is 2.99. The monoisotopic (exact) mass is 221 g/mol. The van der Waals surface area contributed by atoms with E-state index in [1.54, 1.807) is 0 Å². The summed E-state index contributed by atoms with van der Waals surface area (Å²) in [5.74, 6) is 1.66. The first kappa shape index (κ1) is 13.0. The van der Waals surface area contributed by atoms with E-state index >= 15 is 0 Å². The predicted molar refractivity (Wildman–Crippen MR) is 69.6 cm³/mol. The number of hydrogen-bond acceptors (Lipinski definition) is 3. The average Bonchev–Trinajstić information content (AvgIpc) is 2.25. The number of rotatable bonds is 5. The smallest absolute Gasteiger partial charge is 0.133 e. The van der Waals surface area contributed by atoms with E-state index in [1.165, 1.54) is 0 Å². The maximum Gasteiger partial charge on any atom is 0.133 e.